The smallest absolute Gasteiger partial charge is 0.206 e. The average Bonchev–Trinajstić information content (AvgIpc) is 0.739. The highest BCUT2D eigenvalue weighted by Crippen LogP contribution is 2.46. The van der Waals surface area contributed by atoms with Crippen molar-refractivity contribution in [3.63, 3.8) is 0 Å². The van der Waals surface area contributed by atoms with Gasteiger partial charge in [-0.25, -0.2) is 36.2 Å². The molecule has 6 heterocycles. The summed E-state index contributed by atoms with van der Waals surface area (Å²) in [6, 6.07) is 31.7. The van der Waals surface area contributed by atoms with E-state index in [-0.39, 0.29) is 43.3 Å². The standard InChI is InChI=1S/C35H52N2.C28H35F3N2.C27H34F2N2/c1-23-30(28-20-24(32(2,3)4)16-18-36(28)14)26(34(8,9)10)22-27(35(11,12)13)31(23)29-21-25(33(5,6)7)17-19-37(29)15;1-18-22(24-16-19(26(2,3)4)10-12-32(24)8)14-21(28(29,30)31)15-23(18)25-17-20(27(5,6)7)11-13-33(25)9;1-17-24(22-14-18(26(2,3)4)10-12-30(22)8)20(28)16-21(29)25(17)23-15-19(27(5,6)7)11-13-31(23)9/h16-22H,1-15H3;10-17H,1-9H3;10-16H,1-9H3/q3*+2. The summed E-state index contributed by atoms with van der Waals surface area (Å²) in [5.74, 6) is -1.09. The molecular formula is C90H121F5N6+6. The van der Waals surface area contributed by atoms with E-state index in [1.807, 2.05) is 134 Å². The predicted octanol–water partition coefficient (Wildman–Crippen LogP) is 20.6. The Bertz CT molecular complexity index is 4310. The van der Waals surface area contributed by atoms with E-state index < -0.39 is 23.4 Å². The van der Waals surface area contributed by atoms with Crippen molar-refractivity contribution in [3.8, 4) is 67.5 Å². The largest absolute Gasteiger partial charge is 0.416 e. The molecule has 0 amide bonds. The van der Waals surface area contributed by atoms with E-state index in [9.17, 15) is 13.2 Å². The van der Waals surface area contributed by atoms with Crippen LogP contribution in [0.2, 0.25) is 0 Å². The summed E-state index contributed by atoms with van der Waals surface area (Å²) >= 11 is 0. The van der Waals surface area contributed by atoms with Crippen molar-refractivity contribution in [2.24, 2.45) is 42.3 Å². The highest BCUT2D eigenvalue weighted by molar-refractivity contribution is 5.81. The third-order valence-corrected chi connectivity index (χ3v) is 20.1. The van der Waals surface area contributed by atoms with Crippen LogP contribution in [0.5, 0.6) is 0 Å². The van der Waals surface area contributed by atoms with Gasteiger partial charge in [0.2, 0.25) is 34.2 Å². The molecule has 0 spiro atoms. The Balaban J connectivity index is 0.000000213. The number of aryl methyl sites for hydroxylation is 6. The Morgan fingerprint density at radius 2 is 0.446 bits per heavy atom. The molecule has 0 aliphatic rings. The second-order valence-corrected chi connectivity index (χ2v) is 36.7. The van der Waals surface area contributed by atoms with Crippen LogP contribution in [0.15, 0.2) is 134 Å². The number of pyridine rings is 6. The average molecular weight is 1380 g/mol. The molecule has 0 saturated carbocycles. The third kappa shape index (κ3) is 18.0. The Hall–Kier alpha value is -7.79. The monoisotopic (exact) mass is 1380 g/mol. The number of benzene rings is 3. The first-order valence-electron chi connectivity index (χ1n) is 35.8. The molecule has 101 heavy (non-hydrogen) atoms. The summed E-state index contributed by atoms with van der Waals surface area (Å²) in [6.07, 6.45) is 7.76. The second kappa shape index (κ2) is 28.4. The molecule has 0 bridgehead atoms. The molecule has 3 aromatic carbocycles. The predicted molar refractivity (Wildman–Crippen MR) is 408 cm³/mol. The number of halogens is 5. The lowest BCUT2D eigenvalue weighted by Gasteiger charge is -2.31. The molecule has 0 fully saturated rings. The van der Waals surface area contributed by atoms with E-state index in [0.717, 1.165) is 56.7 Å². The first-order chi connectivity index (χ1) is 45.8. The zero-order valence-corrected chi connectivity index (χ0v) is 67.8. The molecule has 0 aliphatic carbocycles. The number of alkyl halides is 3. The van der Waals surface area contributed by atoms with Crippen molar-refractivity contribution in [3.05, 3.63) is 213 Å². The molecule has 0 aliphatic heterocycles. The number of hydrogen-bond acceptors (Lipinski definition) is 0. The van der Waals surface area contributed by atoms with Crippen LogP contribution < -0.4 is 27.4 Å². The molecule has 11 heteroatoms. The molecule has 9 rings (SSSR count). The first kappa shape index (κ1) is 80.5. The van der Waals surface area contributed by atoms with Crippen LogP contribution in [0, 0.1) is 32.4 Å². The van der Waals surface area contributed by atoms with Crippen LogP contribution in [0.1, 0.15) is 233 Å². The number of nitrogens with zero attached hydrogens (tertiary/aromatic N) is 6. The van der Waals surface area contributed by atoms with E-state index in [0.29, 0.717) is 27.8 Å². The first-order valence-corrected chi connectivity index (χ1v) is 35.8. The van der Waals surface area contributed by atoms with E-state index in [1.54, 1.807) is 0 Å². The van der Waals surface area contributed by atoms with Crippen molar-refractivity contribution >= 4 is 0 Å². The van der Waals surface area contributed by atoms with Gasteiger partial charge in [0.05, 0.1) is 38.9 Å². The molecular weight excluding hydrogens is 1260 g/mol. The summed E-state index contributed by atoms with van der Waals surface area (Å²) in [7, 11) is 11.9. The normalized spacial score (nSPS) is 12.9. The van der Waals surface area contributed by atoms with Crippen molar-refractivity contribution in [1.29, 1.82) is 0 Å². The zero-order chi connectivity index (χ0) is 76.5. The summed E-state index contributed by atoms with van der Waals surface area (Å²) < 4.78 is 84.7. The Kier molecular flexibility index (Phi) is 22.7. The lowest BCUT2D eigenvalue weighted by atomic mass is 9.72. The fraction of sp³-hybridized carbons (Fsp3) is 0.467. The van der Waals surface area contributed by atoms with Crippen LogP contribution in [0.4, 0.5) is 22.0 Å². The topological polar surface area (TPSA) is 23.3 Å². The molecule has 6 nitrogen and oxygen atoms in total. The van der Waals surface area contributed by atoms with Gasteiger partial charge in [0, 0.05) is 78.9 Å². The van der Waals surface area contributed by atoms with Gasteiger partial charge in [-0.05, 0) is 137 Å². The molecule has 0 N–H and O–H groups in total. The van der Waals surface area contributed by atoms with Crippen molar-refractivity contribution in [2.45, 2.75) is 236 Å². The zero-order valence-electron chi connectivity index (χ0n) is 67.8. The van der Waals surface area contributed by atoms with Gasteiger partial charge in [0.25, 0.3) is 0 Å². The maximum atomic E-state index is 15.2. The number of hydrogen-bond donors (Lipinski definition) is 0. The fourth-order valence-electron chi connectivity index (χ4n) is 13.2. The minimum atomic E-state index is -4.45. The summed E-state index contributed by atoms with van der Waals surface area (Å²) in [5, 5.41) is 0. The molecule has 0 atom stereocenters. The van der Waals surface area contributed by atoms with Crippen LogP contribution in [0.3, 0.4) is 0 Å². The molecule has 9 aromatic rings. The van der Waals surface area contributed by atoms with Gasteiger partial charge in [-0.15, -0.1) is 0 Å². The van der Waals surface area contributed by atoms with Gasteiger partial charge in [0.15, 0.2) is 37.2 Å². The van der Waals surface area contributed by atoms with Crippen LogP contribution >= 0.6 is 0 Å². The van der Waals surface area contributed by atoms with Crippen LogP contribution in [-0.4, -0.2) is 0 Å². The molecule has 540 valence electrons. The number of rotatable bonds is 6. The third-order valence-electron chi connectivity index (χ3n) is 20.1. The highest BCUT2D eigenvalue weighted by Gasteiger charge is 2.38. The van der Waals surface area contributed by atoms with Crippen molar-refractivity contribution in [1.82, 2.24) is 0 Å². The Labute approximate surface area is 605 Å². The van der Waals surface area contributed by atoms with E-state index in [2.05, 4.69) is 239 Å². The van der Waals surface area contributed by atoms with Crippen LogP contribution in [0.25, 0.3) is 67.5 Å². The van der Waals surface area contributed by atoms with Gasteiger partial charge in [-0.3, -0.25) is 0 Å². The second-order valence-electron chi connectivity index (χ2n) is 36.7. The lowest BCUT2D eigenvalue weighted by Crippen LogP contribution is -2.35. The quantitative estimate of drug-likeness (QED) is 0.117. The highest BCUT2D eigenvalue weighted by atomic mass is 19.4. The Morgan fingerprint density at radius 3 is 0.663 bits per heavy atom. The van der Waals surface area contributed by atoms with E-state index in [1.165, 1.54) is 62.5 Å². The maximum absolute atomic E-state index is 15.2. The van der Waals surface area contributed by atoms with Gasteiger partial charge in [-0.2, -0.15) is 13.2 Å². The summed E-state index contributed by atoms with van der Waals surface area (Å²) in [5.41, 5.74) is 22.2. The fourth-order valence-corrected chi connectivity index (χ4v) is 13.2. The van der Waals surface area contributed by atoms with Gasteiger partial charge in [-0.1, -0.05) is 172 Å². The number of aromatic nitrogens is 6. The van der Waals surface area contributed by atoms with Crippen LogP contribution in [-0.2, 0) is 91.8 Å². The maximum Gasteiger partial charge on any atom is 0.416 e. The van der Waals surface area contributed by atoms with Gasteiger partial charge < -0.3 is 0 Å². The molecule has 0 unspecified atom stereocenters. The summed E-state index contributed by atoms with van der Waals surface area (Å²) in [6.45, 7) is 59.4. The van der Waals surface area contributed by atoms with E-state index in [4.69, 9.17) is 0 Å². The van der Waals surface area contributed by atoms with Crippen molar-refractivity contribution < 1.29 is 49.4 Å². The molecule has 6 aromatic heterocycles. The molecule has 0 radical (unpaired) electrons. The minimum absolute atomic E-state index is 0.00118. The minimum Gasteiger partial charge on any atom is -0.206 e. The van der Waals surface area contributed by atoms with Gasteiger partial charge in [0.1, 0.15) is 53.9 Å². The van der Waals surface area contributed by atoms with E-state index >= 15 is 8.78 Å². The van der Waals surface area contributed by atoms with Crippen molar-refractivity contribution in [2.75, 3.05) is 0 Å². The summed E-state index contributed by atoms with van der Waals surface area (Å²) in [4.78, 5) is 0. The SMILES string of the molecule is Cc1c(-c2cc(C(C)(C)C)cc[n+]2C)c(C(C)(C)C)cc(C(C)(C)C)c1-c1cc(C(C)(C)C)cc[n+]1C.Cc1c(-c2cc(C(C)(C)C)cc[n+]2C)c(F)cc(F)c1-c1cc(C(C)(C)C)cc[n+]1C.Cc1c(-c2cc(C(C)(C)C)cc[n+]2C)cc(C(F)(F)F)cc1-c1cc(C(C)(C)C)cc[n+]1C. The molecule has 0 saturated heterocycles. The Morgan fingerprint density at radius 1 is 0.238 bits per heavy atom. The van der Waals surface area contributed by atoms with Gasteiger partial charge >= 0.3 is 6.18 Å². The lowest BCUT2D eigenvalue weighted by molar-refractivity contribution is -0.661.